The van der Waals surface area contributed by atoms with Crippen molar-refractivity contribution in [1.29, 1.82) is 0 Å². The number of fused-ring (bicyclic) bond motifs is 5. The molecule has 6 nitrogen and oxygen atoms in total. The van der Waals surface area contributed by atoms with Crippen LogP contribution in [0.5, 0.6) is 0 Å². The average molecular weight is 424 g/mol. The molecule has 0 unspecified atom stereocenters. The van der Waals surface area contributed by atoms with Crippen molar-refractivity contribution in [1.82, 2.24) is 5.43 Å². The van der Waals surface area contributed by atoms with Gasteiger partial charge in [0.25, 0.3) is 0 Å². The average Bonchev–Trinajstić information content (AvgIpc) is 3.06. The minimum absolute atomic E-state index is 0.0802. The molecule has 0 radical (unpaired) electrons. The van der Waals surface area contributed by atoms with Gasteiger partial charge in [-0.25, -0.2) is 0 Å². The summed E-state index contributed by atoms with van der Waals surface area (Å²) in [5, 5.41) is 37.4. The van der Waals surface area contributed by atoms with Crippen molar-refractivity contribution in [2.45, 2.75) is 83.5 Å². The Morgan fingerprint density at radius 2 is 1.93 bits per heavy atom. The third-order valence-corrected chi connectivity index (χ3v) is 9.81. The molecule has 0 saturated heterocycles. The van der Waals surface area contributed by atoms with Crippen LogP contribution in [0.2, 0.25) is 0 Å². The fourth-order valence-corrected chi connectivity index (χ4v) is 8.45. The topological polar surface area (TPSA) is 111 Å². The van der Waals surface area contributed by atoms with Gasteiger partial charge >= 0.3 is 0 Å². The molecule has 4 rings (SSSR count). The third kappa shape index (κ3) is 2.99. The lowest BCUT2D eigenvalue weighted by Gasteiger charge is -2.52. The predicted molar refractivity (Wildman–Crippen MR) is 117 cm³/mol. The Hall–Kier alpha value is -0.760. The fraction of sp³-hybridized carbons (Fsp3) is 0.909. The molecule has 0 amide bonds. The number of hydrazone groups is 1. The summed E-state index contributed by atoms with van der Waals surface area (Å²) in [6.07, 6.45) is 7.27. The van der Waals surface area contributed by atoms with Crippen molar-refractivity contribution >= 4 is 23.5 Å². The molecule has 6 N–H and O–H groups in total. The normalized spacial score (nSPS) is 52.6. The number of hydrogen-bond acceptors (Lipinski definition) is 5. The number of thiocarbonyl (C=S) groups is 1. The van der Waals surface area contributed by atoms with E-state index in [1.54, 1.807) is 0 Å². The molecule has 4 saturated carbocycles. The first-order valence-corrected chi connectivity index (χ1v) is 11.6. The van der Waals surface area contributed by atoms with E-state index in [0.29, 0.717) is 24.2 Å². The molecule has 10 atom stereocenters. The van der Waals surface area contributed by atoms with Gasteiger partial charge in [-0.1, -0.05) is 13.8 Å². The van der Waals surface area contributed by atoms with E-state index in [0.717, 1.165) is 38.5 Å². The zero-order chi connectivity index (χ0) is 21.2. The monoisotopic (exact) mass is 423 g/mol. The maximum absolute atomic E-state index is 12.1. The van der Waals surface area contributed by atoms with Crippen LogP contribution in [0.15, 0.2) is 5.10 Å². The van der Waals surface area contributed by atoms with Gasteiger partial charge in [0.05, 0.1) is 17.8 Å². The highest BCUT2D eigenvalue weighted by molar-refractivity contribution is 7.80. The van der Waals surface area contributed by atoms with E-state index >= 15 is 0 Å². The minimum Gasteiger partial charge on any atom is -0.393 e. The number of aliphatic hydroxyl groups is 3. The summed E-state index contributed by atoms with van der Waals surface area (Å²) < 4.78 is 0. The largest absolute Gasteiger partial charge is 0.393 e. The second-order valence-corrected chi connectivity index (χ2v) is 11.2. The number of rotatable bonds is 3. The third-order valence-electron chi connectivity index (χ3n) is 9.72. The molecule has 4 aliphatic carbocycles. The molecule has 0 bridgehead atoms. The van der Waals surface area contributed by atoms with Crippen LogP contribution in [0.1, 0.15) is 65.7 Å². The van der Waals surface area contributed by atoms with Gasteiger partial charge in [-0.15, -0.1) is 0 Å². The minimum atomic E-state index is -0.991. The van der Waals surface area contributed by atoms with Crippen molar-refractivity contribution in [3.63, 3.8) is 0 Å². The zero-order valence-corrected chi connectivity index (χ0v) is 18.7. The highest BCUT2D eigenvalue weighted by Gasteiger charge is 2.71. The summed E-state index contributed by atoms with van der Waals surface area (Å²) >= 11 is 4.89. The highest BCUT2D eigenvalue weighted by Crippen LogP contribution is 2.72. The molecule has 0 aromatic carbocycles. The lowest BCUT2D eigenvalue weighted by atomic mass is 9.54. The van der Waals surface area contributed by atoms with Crippen LogP contribution in [0, 0.1) is 40.4 Å². The molecule has 4 fully saturated rings. The number of nitrogens with two attached hydrogens (primary N) is 1. The van der Waals surface area contributed by atoms with Crippen molar-refractivity contribution in [2.24, 2.45) is 51.3 Å². The van der Waals surface area contributed by atoms with Crippen LogP contribution in [0.25, 0.3) is 0 Å². The highest BCUT2D eigenvalue weighted by atomic mass is 32.1. The van der Waals surface area contributed by atoms with Crippen LogP contribution in [-0.2, 0) is 0 Å². The number of aliphatic hydroxyl groups excluding tert-OH is 2. The Bertz CT molecular complexity index is 703. The number of nitrogens with zero attached hydrogens (tertiary/aromatic N) is 1. The standard InChI is InChI=1S/C22H37N3O3S/c1-12(26)14-4-5-15-18-16(7-8-20(14,15)2)21(3)9-6-13(27)10-22(21,28)17(18)11-24-25-19(23)29/h11-18,26-28H,4-10H2,1-3H3,(H3,23,25,29)/b24-11+/t12-,13+,14-,15+,16+,17-,18+,20-,21-,22-/m1/s1. The molecule has 0 aromatic heterocycles. The van der Waals surface area contributed by atoms with E-state index in [2.05, 4.69) is 24.4 Å². The maximum atomic E-state index is 12.1. The molecule has 7 heteroatoms. The predicted octanol–water partition coefficient (Wildman–Crippen LogP) is 2.16. The first kappa shape index (κ1) is 21.5. The Morgan fingerprint density at radius 3 is 2.59 bits per heavy atom. The van der Waals surface area contributed by atoms with Gasteiger partial charge < -0.3 is 21.1 Å². The maximum Gasteiger partial charge on any atom is 0.184 e. The number of nitrogens with one attached hydrogen (secondary N) is 1. The summed E-state index contributed by atoms with van der Waals surface area (Å²) in [6.45, 7) is 6.51. The summed E-state index contributed by atoms with van der Waals surface area (Å²) in [7, 11) is 0. The van der Waals surface area contributed by atoms with E-state index in [9.17, 15) is 15.3 Å². The van der Waals surface area contributed by atoms with Gasteiger partial charge in [0, 0.05) is 24.0 Å². The lowest BCUT2D eigenvalue weighted by molar-refractivity contribution is -0.142. The van der Waals surface area contributed by atoms with Crippen molar-refractivity contribution in [3.8, 4) is 0 Å². The summed E-state index contributed by atoms with van der Waals surface area (Å²) in [6, 6.07) is 0. The molecular weight excluding hydrogens is 386 g/mol. The van der Waals surface area contributed by atoms with Gasteiger partial charge in [-0.2, -0.15) is 5.10 Å². The van der Waals surface area contributed by atoms with Crippen LogP contribution in [-0.4, -0.2) is 44.5 Å². The van der Waals surface area contributed by atoms with Gasteiger partial charge in [0.2, 0.25) is 0 Å². The van der Waals surface area contributed by atoms with Gasteiger partial charge in [0.1, 0.15) is 0 Å². The first-order valence-electron chi connectivity index (χ1n) is 11.2. The van der Waals surface area contributed by atoms with E-state index < -0.39 is 11.7 Å². The van der Waals surface area contributed by atoms with Crippen molar-refractivity contribution < 1.29 is 15.3 Å². The van der Waals surface area contributed by atoms with E-state index in [1.165, 1.54) is 0 Å². The van der Waals surface area contributed by atoms with Crippen LogP contribution >= 0.6 is 12.2 Å². The van der Waals surface area contributed by atoms with E-state index in [4.69, 9.17) is 18.0 Å². The molecule has 29 heavy (non-hydrogen) atoms. The van der Waals surface area contributed by atoms with E-state index in [1.807, 2.05) is 13.1 Å². The van der Waals surface area contributed by atoms with Crippen molar-refractivity contribution in [3.05, 3.63) is 0 Å². The first-order chi connectivity index (χ1) is 13.5. The summed E-state index contributed by atoms with van der Waals surface area (Å²) in [5.41, 5.74) is 7.08. The number of hydrogen-bond donors (Lipinski definition) is 5. The molecule has 0 aromatic rings. The second-order valence-electron chi connectivity index (χ2n) is 10.8. The summed E-state index contributed by atoms with van der Waals surface area (Å²) in [5.74, 6) is 1.26. The van der Waals surface area contributed by atoms with Gasteiger partial charge in [0.15, 0.2) is 5.11 Å². The smallest absolute Gasteiger partial charge is 0.184 e. The second kappa shape index (κ2) is 7.14. The fourth-order valence-electron chi connectivity index (χ4n) is 8.39. The SMILES string of the molecule is C[C@@H](O)[C@H]1CC[C@H]2[C@@H]3[C@@H](/C=N/NC(N)=S)[C@]4(O)C[C@@H](O)CC[C@]4(C)[C@H]3CC[C@]12C. The molecule has 0 spiro atoms. The Balaban J connectivity index is 1.76. The van der Waals surface area contributed by atoms with Crippen molar-refractivity contribution in [2.75, 3.05) is 0 Å². The molecule has 4 aliphatic rings. The Labute approximate surface area is 179 Å². The lowest BCUT2D eigenvalue weighted by Crippen LogP contribution is -2.54. The molecular formula is C22H37N3O3S. The van der Waals surface area contributed by atoms with Crippen LogP contribution in [0.4, 0.5) is 0 Å². The van der Waals surface area contributed by atoms with Crippen LogP contribution in [0.3, 0.4) is 0 Å². The van der Waals surface area contributed by atoms with Gasteiger partial charge in [-0.05, 0) is 86.8 Å². The zero-order valence-electron chi connectivity index (χ0n) is 17.8. The quantitative estimate of drug-likeness (QED) is 0.270. The summed E-state index contributed by atoms with van der Waals surface area (Å²) in [4.78, 5) is 0. The molecule has 0 heterocycles. The van der Waals surface area contributed by atoms with Crippen LogP contribution < -0.4 is 11.2 Å². The van der Waals surface area contributed by atoms with E-state index in [-0.39, 0.29) is 33.9 Å². The molecule has 0 aliphatic heterocycles. The Morgan fingerprint density at radius 1 is 1.21 bits per heavy atom. The van der Waals surface area contributed by atoms with Gasteiger partial charge in [-0.3, -0.25) is 5.43 Å². The Kier molecular flexibility index (Phi) is 5.29. The molecule has 164 valence electrons.